The third-order valence-electron chi connectivity index (χ3n) is 5.43. The van der Waals surface area contributed by atoms with E-state index in [4.69, 9.17) is 21.6 Å². The largest absolute Gasteiger partial charge is 0.350 e. The Bertz CT molecular complexity index is 829. The second-order valence-electron chi connectivity index (χ2n) is 7.19. The number of anilines is 1. The van der Waals surface area contributed by atoms with Gasteiger partial charge < -0.3 is 9.80 Å². The first-order valence-electron chi connectivity index (χ1n) is 9.55. The molecule has 1 unspecified atom stereocenters. The van der Waals surface area contributed by atoms with Gasteiger partial charge in [-0.05, 0) is 44.7 Å². The highest BCUT2D eigenvalue weighted by molar-refractivity contribution is 6.27. The van der Waals surface area contributed by atoms with Crippen molar-refractivity contribution in [1.82, 2.24) is 19.9 Å². The van der Waals surface area contributed by atoms with Crippen molar-refractivity contribution in [3.63, 3.8) is 0 Å². The number of fused-ring (bicyclic) bond motifs is 1. The maximum Gasteiger partial charge on any atom is 0.238 e. The molecule has 0 bridgehead atoms. The molecule has 2 aromatic heterocycles. The number of nitrogens with zero attached hydrogens (tertiary/aromatic N) is 5. The van der Waals surface area contributed by atoms with Crippen LogP contribution in [-0.4, -0.2) is 44.7 Å². The Kier molecular flexibility index (Phi) is 5.25. The number of carbonyl (C=O) groups excluding carboxylic acids is 1. The van der Waals surface area contributed by atoms with Crippen LogP contribution in [0.5, 0.6) is 0 Å². The number of alkyl halides is 1. The lowest BCUT2D eigenvalue weighted by molar-refractivity contribution is -0.129. The molecule has 0 N–H and O–H groups in total. The first-order valence-corrected chi connectivity index (χ1v) is 10.1. The number of aromatic nitrogens is 3. The van der Waals surface area contributed by atoms with Gasteiger partial charge in [0.25, 0.3) is 0 Å². The minimum absolute atomic E-state index is 0.00618. The van der Waals surface area contributed by atoms with Crippen LogP contribution in [0.15, 0.2) is 24.4 Å². The van der Waals surface area contributed by atoms with Gasteiger partial charge in [0.05, 0.1) is 18.3 Å². The van der Waals surface area contributed by atoms with E-state index in [1.807, 2.05) is 29.3 Å². The second-order valence-corrected chi connectivity index (χ2v) is 7.46. The van der Waals surface area contributed by atoms with E-state index in [0.717, 1.165) is 68.3 Å². The van der Waals surface area contributed by atoms with Gasteiger partial charge in [-0.25, -0.2) is 9.97 Å². The molecule has 7 heteroatoms. The molecule has 1 amide bonds. The summed E-state index contributed by atoms with van der Waals surface area (Å²) in [6.45, 7) is 4.47. The standard InChI is InChI=1S/C20H24ClN5O/c1-14-16-7-4-10-25(13-15-6-2-3-9-22-15)20(16)24-19(23-14)17-8-5-11-26(17)18(27)12-21/h2-3,6,9,17H,4-5,7-8,10-13H2,1H3. The summed E-state index contributed by atoms with van der Waals surface area (Å²) in [6.07, 6.45) is 5.76. The minimum Gasteiger partial charge on any atom is -0.350 e. The number of hydrogen-bond acceptors (Lipinski definition) is 5. The number of rotatable bonds is 4. The number of pyridine rings is 1. The highest BCUT2D eigenvalue weighted by Crippen LogP contribution is 2.34. The van der Waals surface area contributed by atoms with E-state index in [1.54, 1.807) is 0 Å². The Hall–Kier alpha value is -2.21. The van der Waals surface area contributed by atoms with Crippen molar-refractivity contribution in [1.29, 1.82) is 0 Å². The molecule has 0 aromatic carbocycles. The van der Waals surface area contributed by atoms with Crippen LogP contribution in [-0.2, 0) is 17.8 Å². The molecule has 27 heavy (non-hydrogen) atoms. The Morgan fingerprint density at radius 2 is 2.15 bits per heavy atom. The van der Waals surface area contributed by atoms with Crippen molar-refractivity contribution in [2.45, 2.75) is 45.2 Å². The summed E-state index contributed by atoms with van der Waals surface area (Å²) in [5.41, 5.74) is 3.27. The summed E-state index contributed by atoms with van der Waals surface area (Å²) in [5, 5.41) is 0. The number of hydrogen-bond donors (Lipinski definition) is 0. The van der Waals surface area contributed by atoms with Crippen molar-refractivity contribution < 1.29 is 4.79 Å². The van der Waals surface area contributed by atoms with Crippen molar-refractivity contribution in [3.8, 4) is 0 Å². The zero-order valence-corrected chi connectivity index (χ0v) is 16.3. The summed E-state index contributed by atoms with van der Waals surface area (Å²) >= 11 is 5.80. The highest BCUT2D eigenvalue weighted by Gasteiger charge is 2.33. The lowest BCUT2D eigenvalue weighted by Gasteiger charge is -2.32. The predicted octanol–water partition coefficient (Wildman–Crippen LogP) is 3.04. The lowest BCUT2D eigenvalue weighted by atomic mass is 10.0. The Morgan fingerprint density at radius 1 is 1.26 bits per heavy atom. The Balaban J connectivity index is 1.67. The summed E-state index contributed by atoms with van der Waals surface area (Å²) < 4.78 is 0. The van der Waals surface area contributed by atoms with Crippen LogP contribution in [0.3, 0.4) is 0 Å². The van der Waals surface area contributed by atoms with E-state index in [0.29, 0.717) is 0 Å². The Morgan fingerprint density at radius 3 is 2.93 bits per heavy atom. The molecule has 1 fully saturated rings. The maximum atomic E-state index is 12.2. The molecule has 1 saturated heterocycles. The molecular formula is C20H24ClN5O. The highest BCUT2D eigenvalue weighted by atomic mass is 35.5. The summed E-state index contributed by atoms with van der Waals surface area (Å²) in [4.78, 5) is 30.5. The number of halogens is 1. The molecule has 0 saturated carbocycles. The van der Waals surface area contributed by atoms with Crippen molar-refractivity contribution >= 4 is 23.3 Å². The normalized spacial score (nSPS) is 19.3. The molecule has 4 heterocycles. The number of carbonyl (C=O) groups is 1. The molecule has 2 aliphatic rings. The van der Waals surface area contributed by atoms with Crippen LogP contribution < -0.4 is 4.90 Å². The molecule has 2 aliphatic heterocycles. The Labute approximate surface area is 164 Å². The van der Waals surface area contributed by atoms with Crippen LogP contribution in [0.25, 0.3) is 0 Å². The van der Waals surface area contributed by atoms with E-state index in [-0.39, 0.29) is 17.8 Å². The van der Waals surface area contributed by atoms with Crippen LogP contribution in [0, 0.1) is 6.92 Å². The van der Waals surface area contributed by atoms with E-state index in [1.165, 1.54) is 5.56 Å². The van der Waals surface area contributed by atoms with Gasteiger partial charge in [0.2, 0.25) is 5.91 Å². The first-order chi connectivity index (χ1) is 13.2. The second kappa shape index (κ2) is 7.80. The fraction of sp³-hybridized carbons (Fsp3) is 0.500. The van der Waals surface area contributed by atoms with Crippen LogP contribution in [0.1, 0.15) is 48.1 Å². The quantitative estimate of drug-likeness (QED) is 0.757. The van der Waals surface area contributed by atoms with Crippen LogP contribution >= 0.6 is 11.6 Å². The van der Waals surface area contributed by atoms with Gasteiger partial charge in [-0.2, -0.15) is 0 Å². The van der Waals surface area contributed by atoms with Gasteiger partial charge in [-0.1, -0.05) is 6.07 Å². The van der Waals surface area contributed by atoms with E-state index >= 15 is 0 Å². The molecule has 0 spiro atoms. The molecular weight excluding hydrogens is 362 g/mol. The molecule has 2 aromatic rings. The lowest BCUT2D eigenvalue weighted by Crippen LogP contribution is -2.34. The number of likely N-dealkylation sites (tertiary alicyclic amines) is 1. The van der Waals surface area contributed by atoms with Crippen LogP contribution in [0.4, 0.5) is 5.82 Å². The summed E-state index contributed by atoms with van der Waals surface area (Å²) in [6, 6.07) is 5.92. The average Bonchev–Trinajstić information content (AvgIpc) is 3.18. The van der Waals surface area contributed by atoms with E-state index < -0.39 is 0 Å². The fourth-order valence-corrected chi connectivity index (χ4v) is 4.26. The SMILES string of the molecule is Cc1nc(C2CCCN2C(=O)CCl)nc2c1CCCN2Cc1ccccn1. The molecule has 4 rings (SSSR count). The first kappa shape index (κ1) is 18.2. The van der Waals surface area contributed by atoms with Crippen LogP contribution in [0.2, 0.25) is 0 Å². The van der Waals surface area contributed by atoms with Crippen molar-refractivity contribution in [3.05, 3.63) is 47.2 Å². The fourth-order valence-electron chi connectivity index (χ4n) is 4.11. The van der Waals surface area contributed by atoms with Crippen molar-refractivity contribution in [2.24, 2.45) is 0 Å². The van der Waals surface area contributed by atoms with Gasteiger partial charge in [-0.3, -0.25) is 9.78 Å². The smallest absolute Gasteiger partial charge is 0.238 e. The van der Waals surface area contributed by atoms with E-state index in [9.17, 15) is 4.79 Å². The van der Waals surface area contributed by atoms with Gasteiger partial charge in [0.15, 0.2) is 5.82 Å². The van der Waals surface area contributed by atoms with Gasteiger partial charge in [-0.15, -0.1) is 11.6 Å². The van der Waals surface area contributed by atoms with Gasteiger partial charge >= 0.3 is 0 Å². The summed E-state index contributed by atoms with van der Waals surface area (Å²) in [7, 11) is 0. The molecule has 6 nitrogen and oxygen atoms in total. The predicted molar refractivity (Wildman–Crippen MR) is 105 cm³/mol. The van der Waals surface area contributed by atoms with E-state index in [2.05, 4.69) is 16.8 Å². The third-order valence-corrected chi connectivity index (χ3v) is 5.66. The molecule has 0 radical (unpaired) electrons. The average molecular weight is 386 g/mol. The zero-order chi connectivity index (χ0) is 18.8. The molecule has 142 valence electrons. The van der Waals surface area contributed by atoms with Crippen molar-refractivity contribution in [2.75, 3.05) is 23.9 Å². The summed E-state index contributed by atoms with van der Waals surface area (Å²) in [5.74, 6) is 1.71. The monoisotopic (exact) mass is 385 g/mol. The maximum absolute atomic E-state index is 12.2. The molecule has 0 aliphatic carbocycles. The van der Waals surface area contributed by atoms with Gasteiger partial charge in [0, 0.05) is 30.5 Å². The minimum atomic E-state index is -0.0705. The third kappa shape index (κ3) is 3.63. The number of amides is 1. The zero-order valence-electron chi connectivity index (χ0n) is 15.6. The number of aryl methyl sites for hydroxylation is 1. The molecule has 1 atom stereocenters. The van der Waals surface area contributed by atoms with Gasteiger partial charge in [0.1, 0.15) is 11.7 Å². The topological polar surface area (TPSA) is 62.2 Å².